The van der Waals surface area contributed by atoms with Gasteiger partial charge in [-0.2, -0.15) is 5.10 Å². The Labute approximate surface area is 152 Å². The molecular weight excluding hydrogens is 334 g/mol. The lowest BCUT2D eigenvalue weighted by molar-refractivity contribution is -0.0881. The lowest BCUT2D eigenvalue weighted by Gasteiger charge is -2.32. The van der Waals surface area contributed by atoms with E-state index in [1.54, 1.807) is 17.2 Å². The van der Waals surface area contributed by atoms with Gasteiger partial charge in [0, 0.05) is 18.4 Å². The van der Waals surface area contributed by atoms with Crippen molar-refractivity contribution < 1.29 is 14.3 Å². The van der Waals surface area contributed by atoms with Gasteiger partial charge in [-0.1, -0.05) is 0 Å². The van der Waals surface area contributed by atoms with E-state index >= 15 is 0 Å². The molecule has 2 aromatic heterocycles. The number of hydrogen-bond acceptors (Lipinski definition) is 6. The molecule has 2 unspecified atom stereocenters. The van der Waals surface area contributed by atoms with Crippen LogP contribution in [0.4, 0.5) is 0 Å². The zero-order chi connectivity index (χ0) is 18.0. The van der Waals surface area contributed by atoms with E-state index in [1.165, 1.54) is 6.33 Å². The van der Waals surface area contributed by atoms with E-state index in [0.29, 0.717) is 38.4 Å². The van der Waals surface area contributed by atoms with Crippen LogP contribution >= 0.6 is 0 Å². The number of carbonyl (C=O) groups is 1. The van der Waals surface area contributed by atoms with Crippen LogP contribution < -0.4 is 0 Å². The van der Waals surface area contributed by atoms with Gasteiger partial charge in [0.15, 0.2) is 0 Å². The smallest absolute Gasteiger partial charge is 0.255 e. The molecule has 0 saturated carbocycles. The number of pyridine rings is 1. The first kappa shape index (κ1) is 17.1. The summed E-state index contributed by atoms with van der Waals surface area (Å²) in [5, 5.41) is 4.14. The third-order valence-electron chi connectivity index (χ3n) is 4.99. The second-order valence-electron chi connectivity index (χ2n) is 7.05. The van der Waals surface area contributed by atoms with Gasteiger partial charge in [-0.25, -0.2) is 4.98 Å². The molecule has 4 rings (SSSR count). The van der Waals surface area contributed by atoms with Crippen LogP contribution in [0.25, 0.3) is 0 Å². The van der Waals surface area contributed by atoms with Crippen LogP contribution in [0.2, 0.25) is 0 Å². The number of aryl methyl sites for hydroxylation is 1. The molecule has 0 bridgehead atoms. The summed E-state index contributed by atoms with van der Waals surface area (Å²) >= 11 is 0. The van der Waals surface area contributed by atoms with E-state index < -0.39 is 5.60 Å². The Balaban J connectivity index is 1.45. The Morgan fingerprint density at radius 3 is 3.12 bits per heavy atom. The lowest BCUT2D eigenvalue weighted by atomic mass is 9.99. The van der Waals surface area contributed by atoms with Crippen molar-refractivity contribution >= 4 is 5.91 Å². The van der Waals surface area contributed by atoms with Gasteiger partial charge in [-0.15, -0.1) is 0 Å². The maximum Gasteiger partial charge on any atom is 0.255 e. The van der Waals surface area contributed by atoms with Crippen LogP contribution in [0.1, 0.15) is 28.9 Å². The summed E-state index contributed by atoms with van der Waals surface area (Å²) in [6.07, 6.45) is 6.68. The normalized spacial score (nSPS) is 26.2. The molecule has 26 heavy (non-hydrogen) atoms. The monoisotopic (exact) mass is 357 g/mol. The fraction of sp³-hybridized carbons (Fsp3) is 0.556. The van der Waals surface area contributed by atoms with E-state index in [1.807, 2.05) is 24.0 Å². The maximum absolute atomic E-state index is 12.9. The summed E-state index contributed by atoms with van der Waals surface area (Å²) in [5.74, 6) is -0.0225. The van der Waals surface area contributed by atoms with Gasteiger partial charge >= 0.3 is 0 Å². The van der Waals surface area contributed by atoms with Crippen molar-refractivity contribution in [2.45, 2.75) is 38.0 Å². The molecule has 8 heteroatoms. The fourth-order valence-electron chi connectivity index (χ4n) is 3.64. The Morgan fingerprint density at radius 1 is 1.42 bits per heavy atom. The predicted octanol–water partition coefficient (Wildman–Crippen LogP) is 1.07. The standard InChI is InChI=1S/C18H23N5O3/c1-14-2-3-15(8-20-14)17(24)22-6-7-25-11-18(10-22)5-4-16(26-18)9-23-13-19-12-21-23/h2-3,8,12-13,16H,4-7,9-11H2,1H3. The zero-order valence-electron chi connectivity index (χ0n) is 14.9. The largest absolute Gasteiger partial charge is 0.377 e. The third kappa shape index (κ3) is 3.61. The quantitative estimate of drug-likeness (QED) is 0.817. The highest BCUT2D eigenvalue weighted by molar-refractivity contribution is 5.94. The molecule has 2 atom stereocenters. The van der Waals surface area contributed by atoms with Gasteiger partial charge in [0.2, 0.25) is 0 Å². The van der Waals surface area contributed by atoms with Gasteiger partial charge in [0.1, 0.15) is 18.3 Å². The predicted molar refractivity (Wildman–Crippen MR) is 92.6 cm³/mol. The molecular formula is C18H23N5O3. The molecule has 1 amide bonds. The summed E-state index contributed by atoms with van der Waals surface area (Å²) in [5.41, 5.74) is 1.05. The minimum absolute atomic E-state index is 0.0225. The molecule has 2 aliphatic heterocycles. The second kappa shape index (κ2) is 7.13. The molecule has 2 saturated heterocycles. The molecule has 138 valence electrons. The number of amides is 1. The van der Waals surface area contributed by atoms with E-state index in [9.17, 15) is 4.79 Å². The number of ether oxygens (including phenoxy) is 2. The van der Waals surface area contributed by atoms with Crippen molar-refractivity contribution in [3.05, 3.63) is 42.2 Å². The summed E-state index contributed by atoms with van der Waals surface area (Å²) in [7, 11) is 0. The highest BCUT2D eigenvalue weighted by Gasteiger charge is 2.44. The first-order valence-corrected chi connectivity index (χ1v) is 8.93. The molecule has 0 N–H and O–H groups in total. The Kier molecular flexibility index (Phi) is 4.69. The first-order valence-electron chi connectivity index (χ1n) is 8.93. The van der Waals surface area contributed by atoms with Gasteiger partial charge in [-0.3, -0.25) is 14.5 Å². The molecule has 2 aromatic rings. The molecule has 0 aliphatic carbocycles. The van der Waals surface area contributed by atoms with Crippen LogP contribution in [0.5, 0.6) is 0 Å². The van der Waals surface area contributed by atoms with Crippen molar-refractivity contribution in [3.8, 4) is 0 Å². The average Bonchev–Trinajstić information content (AvgIpc) is 3.23. The number of nitrogens with zero attached hydrogens (tertiary/aromatic N) is 5. The Hall–Kier alpha value is -2.32. The number of hydrogen-bond donors (Lipinski definition) is 0. The molecule has 2 fully saturated rings. The van der Waals surface area contributed by atoms with Crippen LogP contribution in [-0.4, -0.2) is 68.6 Å². The lowest BCUT2D eigenvalue weighted by Crippen LogP contribution is -2.46. The molecule has 1 spiro atoms. The van der Waals surface area contributed by atoms with Crippen molar-refractivity contribution in [1.82, 2.24) is 24.6 Å². The fourth-order valence-corrected chi connectivity index (χ4v) is 3.64. The third-order valence-corrected chi connectivity index (χ3v) is 4.99. The van der Waals surface area contributed by atoms with Crippen LogP contribution in [0.15, 0.2) is 31.0 Å². The SMILES string of the molecule is Cc1ccc(C(=O)N2CCOCC3(CCC(Cn4cncn4)O3)C2)cn1. The zero-order valence-corrected chi connectivity index (χ0v) is 14.9. The van der Waals surface area contributed by atoms with Crippen LogP contribution in [-0.2, 0) is 16.0 Å². The topological polar surface area (TPSA) is 82.4 Å². The average molecular weight is 357 g/mol. The summed E-state index contributed by atoms with van der Waals surface area (Å²) in [4.78, 5) is 22.9. The van der Waals surface area contributed by atoms with Gasteiger partial charge in [-0.05, 0) is 31.9 Å². The maximum atomic E-state index is 12.9. The number of rotatable bonds is 3. The van der Waals surface area contributed by atoms with Crippen molar-refractivity contribution in [3.63, 3.8) is 0 Å². The highest BCUT2D eigenvalue weighted by atomic mass is 16.6. The summed E-state index contributed by atoms with van der Waals surface area (Å²) in [6.45, 7) is 4.70. The second-order valence-corrected chi connectivity index (χ2v) is 7.05. The van der Waals surface area contributed by atoms with E-state index in [0.717, 1.165) is 18.5 Å². The van der Waals surface area contributed by atoms with Gasteiger partial charge in [0.25, 0.3) is 5.91 Å². The van der Waals surface area contributed by atoms with Crippen LogP contribution in [0.3, 0.4) is 0 Å². The van der Waals surface area contributed by atoms with Crippen molar-refractivity contribution in [2.75, 3.05) is 26.3 Å². The first-order chi connectivity index (χ1) is 12.6. The van der Waals surface area contributed by atoms with Gasteiger partial charge < -0.3 is 14.4 Å². The van der Waals surface area contributed by atoms with Crippen molar-refractivity contribution in [2.24, 2.45) is 0 Å². The minimum atomic E-state index is -0.449. The Morgan fingerprint density at radius 2 is 2.35 bits per heavy atom. The van der Waals surface area contributed by atoms with Crippen molar-refractivity contribution in [1.29, 1.82) is 0 Å². The van der Waals surface area contributed by atoms with Crippen LogP contribution in [0, 0.1) is 6.92 Å². The molecule has 4 heterocycles. The molecule has 0 radical (unpaired) electrons. The minimum Gasteiger partial charge on any atom is -0.377 e. The number of aromatic nitrogens is 4. The highest BCUT2D eigenvalue weighted by Crippen LogP contribution is 2.34. The number of carbonyl (C=O) groups excluding carboxylic acids is 1. The summed E-state index contributed by atoms with van der Waals surface area (Å²) in [6, 6.07) is 3.68. The molecule has 2 aliphatic rings. The summed E-state index contributed by atoms with van der Waals surface area (Å²) < 4.78 is 13.9. The van der Waals surface area contributed by atoms with Gasteiger partial charge in [0.05, 0.1) is 38.0 Å². The van der Waals surface area contributed by atoms with E-state index in [4.69, 9.17) is 9.47 Å². The van der Waals surface area contributed by atoms with E-state index in [-0.39, 0.29) is 12.0 Å². The Bertz CT molecular complexity index is 749. The van der Waals surface area contributed by atoms with E-state index in [2.05, 4.69) is 15.1 Å². The molecule has 0 aromatic carbocycles. The molecule has 8 nitrogen and oxygen atoms in total.